The maximum Gasteiger partial charge on any atom is 0.260 e. The maximum atomic E-state index is 12.9. The van der Waals surface area contributed by atoms with Crippen LogP contribution in [0.15, 0.2) is 46.6 Å². The van der Waals surface area contributed by atoms with Gasteiger partial charge in [-0.25, -0.2) is 4.98 Å². The SMILES string of the molecule is Cc1ccc(-c2csc3nc(CN4Cc5ccccc5C[C@H]4C(N)=O)[nH]c(=O)c23)s1. The van der Waals surface area contributed by atoms with Crippen LogP contribution in [-0.2, 0) is 24.3 Å². The van der Waals surface area contributed by atoms with E-state index in [1.165, 1.54) is 21.8 Å². The maximum absolute atomic E-state index is 12.9. The minimum Gasteiger partial charge on any atom is -0.368 e. The monoisotopic (exact) mass is 436 g/mol. The van der Waals surface area contributed by atoms with Gasteiger partial charge < -0.3 is 10.7 Å². The van der Waals surface area contributed by atoms with Crippen LogP contribution in [0.4, 0.5) is 0 Å². The van der Waals surface area contributed by atoms with Gasteiger partial charge in [0.05, 0.1) is 18.0 Å². The molecule has 1 amide bonds. The van der Waals surface area contributed by atoms with Crippen LogP contribution in [0.2, 0.25) is 0 Å². The average molecular weight is 437 g/mol. The van der Waals surface area contributed by atoms with E-state index < -0.39 is 6.04 Å². The van der Waals surface area contributed by atoms with Gasteiger partial charge in [0.2, 0.25) is 5.91 Å². The number of H-pyrrole nitrogens is 1. The third kappa shape index (κ3) is 3.36. The molecule has 0 saturated heterocycles. The second-order valence-corrected chi connectivity index (χ2v) is 9.69. The Labute approximate surface area is 181 Å². The molecule has 4 aromatic rings. The molecule has 6 nitrogen and oxygen atoms in total. The minimum absolute atomic E-state index is 0.148. The van der Waals surface area contributed by atoms with Gasteiger partial charge in [0.25, 0.3) is 5.56 Å². The molecule has 0 bridgehead atoms. The zero-order valence-corrected chi connectivity index (χ0v) is 18.0. The number of hydrogen-bond donors (Lipinski definition) is 2. The molecule has 0 unspecified atom stereocenters. The lowest BCUT2D eigenvalue weighted by atomic mass is 9.93. The van der Waals surface area contributed by atoms with E-state index in [1.807, 2.05) is 34.5 Å². The van der Waals surface area contributed by atoms with Crippen LogP contribution in [0.25, 0.3) is 20.7 Å². The van der Waals surface area contributed by atoms with Crippen molar-refractivity contribution in [2.75, 3.05) is 0 Å². The number of nitrogens with two attached hydrogens (primary N) is 1. The standard InChI is InChI=1S/C22H20N4O2S2/c1-12-6-7-17(30-12)15-11-29-22-19(15)21(28)24-18(25-22)10-26-9-14-5-3-2-4-13(14)8-16(26)20(23)27/h2-7,11,16H,8-10H2,1H3,(H2,23,27)(H,24,25,28)/t16-/m0/s1. The Morgan fingerprint density at radius 2 is 2.07 bits per heavy atom. The molecule has 3 aromatic heterocycles. The summed E-state index contributed by atoms with van der Waals surface area (Å²) in [4.78, 5) is 37.6. The highest BCUT2D eigenvalue weighted by molar-refractivity contribution is 7.19. The number of aryl methyl sites for hydroxylation is 1. The molecule has 152 valence electrons. The minimum atomic E-state index is -0.422. The zero-order valence-electron chi connectivity index (χ0n) is 16.3. The number of aromatic nitrogens is 2. The predicted octanol–water partition coefficient (Wildman–Crippen LogP) is 3.43. The van der Waals surface area contributed by atoms with Crippen LogP contribution >= 0.6 is 22.7 Å². The van der Waals surface area contributed by atoms with Gasteiger partial charge in [-0.1, -0.05) is 24.3 Å². The van der Waals surface area contributed by atoms with Crippen molar-refractivity contribution in [2.45, 2.75) is 32.5 Å². The number of rotatable bonds is 4. The smallest absolute Gasteiger partial charge is 0.260 e. The summed E-state index contributed by atoms with van der Waals surface area (Å²) in [7, 11) is 0. The molecule has 1 aliphatic heterocycles. The Kier molecular flexibility index (Phi) is 4.77. The van der Waals surface area contributed by atoms with Crippen molar-refractivity contribution in [2.24, 2.45) is 5.73 Å². The van der Waals surface area contributed by atoms with Crippen LogP contribution in [0.5, 0.6) is 0 Å². The molecule has 5 rings (SSSR count). The molecule has 0 spiro atoms. The molecule has 8 heteroatoms. The zero-order chi connectivity index (χ0) is 20.8. The second-order valence-electron chi connectivity index (χ2n) is 7.55. The molecule has 0 saturated carbocycles. The number of carbonyl (C=O) groups is 1. The first-order valence-electron chi connectivity index (χ1n) is 9.67. The van der Waals surface area contributed by atoms with Gasteiger partial charge in [-0.2, -0.15) is 0 Å². The topological polar surface area (TPSA) is 92.1 Å². The fourth-order valence-electron chi connectivity index (χ4n) is 4.05. The third-order valence-corrected chi connectivity index (χ3v) is 7.43. The van der Waals surface area contributed by atoms with Crippen LogP contribution in [-0.4, -0.2) is 26.8 Å². The number of carbonyl (C=O) groups excluding carboxylic acids is 1. The van der Waals surface area contributed by atoms with E-state index in [0.29, 0.717) is 35.6 Å². The summed E-state index contributed by atoms with van der Waals surface area (Å²) in [6.45, 7) is 3.00. The first kappa shape index (κ1) is 19.2. The molecular weight excluding hydrogens is 416 g/mol. The number of aromatic amines is 1. The average Bonchev–Trinajstić information content (AvgIpc) is 3.33. The highest BCUT2D eigenvalue weighted by Crippen LogP contribution is 2.35. The summed E-state index contributed by atoms with van der Waals surface area (Å²) >= 11 is 3.13. The van der Waals surface area contributed by atoms with Crippen LogP contribution in [0.3, 0.4) is 0 Å². The number of fused-ring (bicyclic) bond motifs is 2. The van der Waals surface area contributed by atoms with Crippen molar-refractivity contribution in [3.63, 3.8) is 0 Å². The van der Waals surface area contributed by atoms with Crippen LogP contribution in [0, 0.1) is 6.92 Å². The van der Waals surface area contributed by atoms with Gasteiger partial charge in [-0.15, -0.1) is 22.7 Å². The van der Waals surface area contributed by atoms with Gasteiger partial charge in [-0.05, 0) is 36.6 Å². The van der Waals surface area contributed by atoms with Gasteiger partial charge in [0.15, 0.2) is 0 Å². The second kappa shape index (κ2) is 7.46. The van der Waals surface area contributed by atoms with Crippen molar-refractivity contribution in [1.82, 2.24) is 14.9 Å². The van der Waals surface area contributed by atoms with Crippen molar-refractivity contribution in [3.8, 4) is 10.4 Å². The number of benzene rings is 1. The van der Waals surface area contributed by atoms with Crippen LogP contribution < -0.4 is 11.3 Å². The molecule has 4 heterocycles. The number of thiophene rings is 2. The number of primary amides is 1. The van der Waals surface area contributed by atoms with Crippen molar-refractivity contribution in [3.05, 3.63) is 74.0 Å². The Bertz CT molecular complexity index is 1320. The van der Waals surface area contributed by atoms with Gasteiger partial charge in [-0.3, -0.25) is 14.5 Å². The first-order valence-corrected chi connectivity index (χ1v) is 11.4. The van der Waals surface area contributed by atoms with Crippen LogP contribution in [0.1, 0.15) is 21.8 Å². The van der Waals surface area contributed by atoms with Gasteiger partial charge in [0.1, 0.15) is 10.7 Å². The molecule has 30 heavy (non-hydrogen) atoms. The molecule has 0 radical (unpaired) electrons. The number of nitrogens with zero attached hydrogens (tertiary/aromatic N) is 2. The lowest BCUT2D eigenvalue weighted by molar-refractivity contribution is -0.124. The van der Waals surface area contributed by atoms with E-state index in [4.69, 9.17) is 10.7 Å². The van der Waals surface area contributed by atoms with E-state index in [1.54, 1.807) is 11.3 Å². The highest BCUT2D eigenvalue weighted by Gasteiger charge is 2.30. The predicted molar refractivity (Wildman–Crippen MR) is 121 cm³/mol. The van der Waals surface area contributed by atoms with E-state index in [-0.39, 0.29) is 11.5 Å². The summed E-state index contributed by atoms with van der Waals surface area (Å²) in [5, 5.41) is 2.62. The highest BCUT2D eigenvalue weighted by atomic mass is 32.1. The molecule has 1 atom stereocenters. The van der Waals surface area contributed by atoms with Crippen molar-refractivity contribution >= 4 is 38.8 Å². The van der Waals surface area contributed by atoms with E-state index in [9.17, 15) is 9.59 Å². The fraction of sp³-hybridized carbons (Fsp3) is 0.227. The normalized spacial score (nSPS) is 16.6. The molecule has 1 aromatic carbocycles. The van der Waals surface area contributed by atoms with Crippen molar-refractivity contribution < 1.29 is 4.79 Å². The van der Waals surface area contributed by atoms with E-state index in [2.05, 4.69) is 24.0 Å². The number of nitrogens with one attached hydrogen (secondary N) is 1. The summed E-state index contributed by atoms with van der Waals surface area (Å²) in [5.41, 5.74) is 8.78. The summed E-state index contributed by atoms with van der Waals surface area (Å²) in [6, 6.07) is 11.7. The summed E-state index contributed by atoms with van der Waals surface area (Å²) in [6.07, 6.45) is 0.568. The summed E-state index contributed by atoms with van der Waals surface area (Å²) < 4.78 is 0. The molecular formula is C22H20N4O2S2. The van der Waals surface area contributed by atoms with Crippen molar-refractivity contribution in [1.29, 1.82) is 0 Å². The third-order valence-electron chi connectivity index (χ3n) is 5.53. The molecule has 0 fully saturated rings. The number of hydrogen-bond acceptors (Lipinski definition) is 6. The molecule has 1 aliphatic rings. The first-order chi connectivity index (χ1) is 14.5. The fourth-order valence-corrected chi connectivity index (χ4v) is 5.97. The summed E-state index contributed by atoms with van der Waals surface area (Å²) in [5.74, 6) is 0.188. The molecule has 0 aliphatic carbocycles. The lowest BCUT2D eigenvalue weighted by Gasteiger charge is -2.34. The van der Waals surface area contributed by atoms with Gasteiger partial charge >= 0.3 is 0 Å². The largest absolute Gasteiger partial charge is 0.368 e. The Hall–Kier alpha value is -2.81. The number of amides is 1. The van der Waals surface area contributed by atoms with E-state index in [0.717, 1.165) is 16.0 Å². The Morgan fingerprint density at radius 1 is 1.27 bits per heavy atom. The van der Waals surface area contributed by atoms with E-state index >= 15 is 0 Å². The Morgan fingerprint density at radius 3 is 2.80 bits per heavy atom. The van der Waals surface area contributed by atoms with Gasteiger partial charge in [0, 0.05) is 27.2 Å². The quantitative estimate of drug-likeness (QED) is 0.513. The molecule has 3 N–H and O–H groups in total. The lowest BCUT2D eigenvalue weighted by Crippen LogP contribution is -2.48. The Balaban J connectivity index is 1.49.